The van der Waals surface area contributed by atoms with Crippen molar-refractivity contribution in [3.8, 4) is 11.1 Å². The summed E-state index contributed by atoms with van der Waals surface area (Å²) < 4.78 is 7.92. The maximum Gasteiger partial charge on any atom is 0.410 e. The number of hydrogen-bond donors (Lipinski definition) is 1. The molecule has 1 aliphatic rings. The van der Waals surface area contributed by atoms with E-state index in [0.717, 1.165) is 35.9 Å². The van der Waals surface area contributed by atoms with Crippen molar-refractivity contribution in [3.05, 3.63) is 131 Å². The molecule has 0 spiro atoms. The molecule has 6 heteroatoms. The molecule has 1 aliphatic heterocycles. The molecule has 224 valence electrons. The van der Waals surface area contributed by atoms with Crippen LogP contribution in [0.3, 0.4) is 0 Å². The van der Waals surface area contributed by atoms with Crippen LogP contribution in [0.4, 0.5) is 4.79 Å². The monoisotopic (exact) mass is 585 g/mol. The van der Waals surface area contributed by atoms with Crippen molar-refractivity contribution in [3.63, 3.8) is 0 Å². The van der Waals surface area contributed by atoms with E-state index in [-0.39, 0.29) is 30.7 Å². The Kier molecular flexibility index (Phi) is 8.51. The van der Waals surface area contributed by atoms with Crippen LogP contribution in [0.5, 0.6) is 0 Å². The number of likely N-dealkylation sites (tertiary alicyclic amines) is 1. The van der Waals surface area contributed by atoms with Crippen LogP contribution in [0.25, 0.3) is 22.0 Å². The number of aromatic nitrogens is 1. The van der Waals surface area contributed by atoms with Crippen LogP contribution in [0, 0.1) is 13.8 Å². The summed E-state index contributed by atoms with van der Waals surface area (Å²) in [5.41, 5.74) is 8.68. The molecule has 44 heavy (non-hydrogen) atoms. The zero-order valence-corrected chi connectivity index (χ0v) is 25.6. The summed E-state index contributed by atoms with van der Waals surface area (Å²) in [7, 11) is 0. The van der Waals surface area contributed by atoms with Gasteiger partial charge in [0.2, 0.25) is 0 Å². The summed E-state index contributed by atoms with van der Waals surface area (Å²) in [6, 6.07) is 34.4. The van der Waals surface area contributed by atoms with Gasteiger partial charge in [-0.3, -0.25) is 4.79 Å². The standard InChI is InChI=1S/C38H39N3O3/c1-26-28(3)41(24-29-16-18-32(19-17-29)31-13-8-5-9-14-31)36-21-20-33(23-34(26)36)37(42)39-27(2)35-15-10-22-40(35)38(43)44-25-30-11-6-4-7-12-30/h4-9,11-14,16-21,23,27,35H,10,15,22,24-25H2,1-3H3,(H,39,42)/t27-,35+/m0/s1. The molecule has 0 aliphatic carbocycles. The molecule has 5 aromatic rings. The minimum Gasteiger partial charge on any atom is -0.445 e. The van der Waals surface area contributed by atoms with Gasteiger partial charge in [-0.05, 0) is 79.6 Å². The van der Waals surface area contributed by atoms with Gasteiger partial charge in [-0.25, -0.2) is 4.79 Å². The topological polar surface area (TPSA) is 63.6 Å². The predicted molar refractivity (Wildman–Crippen MR) is 176 cm³/mol. The van der Waals surface area contributed by atoms with E-state index in [0.29, 0.717) is 12.1 Å². The van der Waals surface area contributed by atoms with Crippen molar-refractivity contribution >= 4 is 22.9 Å². The number of rotatable bonds is 8. The first-order valence-corrected chi connectivity index (χ1v) is 15.4. The molecule has 0 saturated carbocycles. The molecule has 1 saturated heterocycles. The number of nitrogens with zero attached hydrogens (tertiary/aromatic N) is 2. The molecular formula is C38H39N3O3. The lowest BCUT2D eigenvalue weighted by Gasteiger charge is -2.29. The first-order chi connectivity index (χ1) is 21.4. The molecule has 1 fully saturated rings. The molecule has 1 aromatic heterocycles. The quantitative estimate of drug-likeness (QED) is 0.201. The first-order valence-electron chi connectivity index (χ1n) is 15.4. The van der Waals surface area contributed by atoms with Gasteiger partial charge in [0.05, 0.1) is 6.04 Å². The van der Waals surface area contributed by atoms with Gasteiger partial charge in [-0.15, -0.1) is 0 Å². The number of carbonyl (C=O) groups excluding carboxylic acids is 2. The molecule has 0 radical (unpaired) electrons. The van der Waals surface area contributed by atoms with Gasteiger partial charge in [0.15, 0.2) is 0 Å². The third-order valence-corrected chi connectivity index (χ3v) is 8.98. The summed E-state index contributed by atoms with van der Waals surface area (Å²) in [5.74, 6) is -0.134. The van der Waals surface area contributed by atoms with Gasteiger partial charge >= 0.3 is 6.09 Å². The van der Waals surface area contributed by atoms with Crippen molar-refractivity contribution < 1.29 is 14.3 Å². The van der Waals surface area contributed by atoms with Crippen LogP contribution in [0.1, 0.15) is 52.5 Å². The van der Waals surface area contributed by atoms with Crippen LogP contribution in [0.2, 0.25) is 0 Å². The Bertz CT molecular complexity index is 1760. The second-order valence-corrected chi connectivity index (χ2v) is 11.8. The Morgan fingerprint density at radius 2 is 1.55 bits per heavy atom. The lowest BCUT2D eigenvalue weighted by atomic mass is 10.0. The number of carbonyl (C=O) groups is 2. The zero-order chi connectivity index (χ0) is 30.6. The van der Waals surface area contributed by atoms with E-state index in [2.05, 4.69) is 78.3 Å². The minimum absolute atomic E-state index is 0.107. The van der Waals surface area contributed by atoms with Crippen molar-refractivity contribution in [2.24, 2.45) is 0 Å². The molecule has 0 unspecified atom stereocenters. The molecular weight excluding hydrogens is 546 g/mol. The Hall–Kier alpha value is -4.84. The lowest BCUT2D eigenvalue weighted by Crippen LogP contribution is -2.49. The van der Waals surface area contributed by atoms with E-state index in [1.807, 2.05) is 55.5 Å². The van der Waals surface area contributed by atoms with Gasteiger partial charge < -0.3 is 19.5 Å². The third kappa shape index (κ3) is 6.11. The number of amides is 2. The average Bonchev–Trinajstić information content (AvgIpc) is 3.65. The second kappa shape index (κ2) is 12.8. The van der Waals surface area contributed by atoms with Crippen molar-refractivity contribution in [2.45, 2.75) is 58.8 Å². The smallest absolute Gasteiger partial charge is 0.410 e. The molecule has 6 rings (SSSR count). The summed E-state index contributed by atoms with van der Waals surface area (Å²) in [6.07, 6.45) is 1.38. The third-order valence-electron chi connectivity index (χ3n) is 8.98. The van der Waals surface area contributed by atoms with Gasteiger partial charge in [-0.2, -0.15) is 0 Å². The zero-order valence-electron chi connectivity index (χ0n) is 25.6. The maximum atomic E-state index is 13.4. The largest absolute Gasteiger partial charge is 0.445 e. The fourth-order valence-electron chi connectivity index (χ4n) is 6.34. The summed E-state index contributed by atoms with van der Waals surface area (Å²) in [5, 5.41) is 4.25. The fraction of sp³-hybridized carbons (Fsp3) is 0.263. The van der Waals surface area contributed by atoms with Crippen LogP contribution in [0.15, 0.2) is 103 Å². The van der Waals surface area contributed by atoms with E-state index in [9.17, 15) is 9.59 Å². The van der Waals surface area contributed by atoms with Gasteiger partial charge in [0.25, 0.3) is 5.91 Å². The van der Waals surface area contributed by atoms with E-state index < -0.39 is 0 Å². The molecule has 2 heterocycles. The normalized spacial score (nSPS) is 15.3. The summed E-state index contributed by atoms with van der Waals surface area (Å²) >= 11 is 0. The highest BCUT2D eigenvalue weighted by Gasteiger charge is 2.34. The number of benzene rings is 4. The Morgan fingerprint density at radius 1 is 0.864 bits per heavy atom. The average molecular weight is 586 g/mol. The predicted octanol–water partition coefficient (Wildman–Crippen LogP) is 7.89. The van der Waals surface area contributed by atoms with Crippen molar-refractivity contribution in [1.29, 1.82) is 0 Å². The van der Waals surface area contributed by atoms with Gasteiger partial charge in [-0.1, -0.05) is 84.9 Å². The van der Waals surface area contributed by atoms with Crippen molar-refractivity contribution in [2.75, 3.05) is 6.54 Å². The van der Waals surface area contributed by atoms with Crippen LogP contribution in [-0.4, -0.2) is 40.1 Å². The molecule has 0 bridgehead atoms. The number of ether oxygens (including phenoxy) is 1. The van der Waals surface area contributed by atoms with Crippen LogP contribution >= 0.6 is 0 Å². The number of fused-ring (bicyclic) bond motifs is 1. The Morgan fingerprint density at radius 3 is 2.27 bits per heavy atom. The summed E-state index contributed by atoms with van der Waals surface area (Å²) in [6.45, 7) is 7.85. The second-order valence-electron chi connectivity index (χ2n) is 11.8. The lowest BCUT2D eigenvalue weighted by molar-refractivity contribution is 0.0800. The molecule has 2 atom stereocenters. The minimum atomic E-state index is -0.332. The number of aryl methyl sites for hydroxylation is 1. The van der Waals surface area contributed by atoms with E-state index >= 15 is 0 Å². The van der Waals surface area contributed by atoms with Crippen molar-refractivity contribution in [1.82, 2.24) is 14.8 Å². The summed E-state index contributed by atoms with van der Waals surface area (Å²) in [4.78, 5) is 28.1. The maximum absolute atomic E-state index is 13.4. The number of hydrogen-bond acceptors (Lipinski definition) is 3. The highest BCUT2D eigenvalue weighted by molar-refractivity contribution is 5.99. The van der Waals surface area contributed by atoms with Crippen LogP contribution < -0.4 is 5.32 Å². The van der Waals surface area contributed by atoms with E-state index in [1.165, 1.54) is 27.9 Å². The number of nitrogens with one attached hydrogen (secondary N) is 1. The molecule has 4 aromatic carbocycles. The molecule has 2 amide bonds. The Balaban J connectivity index is 1.13. The highest BCUT2D eigenvalue weighted by atomic mass is 16.6. The van der Waals surface area contributed by atoms with Gasteiger partial charge in [0, 0.05) is 41.3 Å². The molecule has 1 N–H and O–H groups in total. The van der Waals surface area contributed by atoms with Crippen LogP contribution in [-0.2, 0) is 17.9 Å². The Labute approximate surface area is 259 Å². The fourth-order valence-corrected chi connectivity index (χ4v) is 6.34. The SMILES string of the molecule is Cc1c(C)n(Cc2ccc(-c3ccccc3)cc2)c2ccc(C(=O)N[C@@H](C)[C@H]3CCCN3C(=O)OCc3ccccc3)cc12. The highest BCUT2D eigenvalue weighted by Crippen LogP contribution is 2.29. The van der Waals surface area contributed by atoms with E-state index in [1.54, 1.807) is 4.90 Å². The van der Waals surface area contributed by atoms with E-state index in [4.69, 9.17) is 4.74 Å². The van der Waals surface area contributed by atoms with Gasteiger partial charge in [0.1, 0.15) is 6.61 Å². The first kappa shape index (κ1) is 29.2. The molecule has 6 nitrogen and oxygen atoms in total.